The predicted molar refractivity (Wildman–Crippen MR) is 103 cm³/mol. The first-order chi connectivity index (χ1) is 12.9. The number of hydrogen-bond acceptors (Lipinski definition) is 6. The van der Waals surface area contributed by atoms with Gasteiger partial charge in [-0.25, -0.2) is 0 Å². The molecule has 27 heavy (non-hydrogen) atoms. The van der Waals surface area contributed by atoms with Gasteiger partial charge in [0.15, 0.2) is 5.82 Å². The molecule has 1 amide bonds. The lowest BCUT2D eigenvalue weighted by atomic mass is 10.0. The van der Waals surface area contributed by atoms with Crippen molar-refractivity contribution in [2.45, 2.75) is 72.4 Å². The third-order valence-electron chi connectivity index (χ3n) is 5.16. The van der Waals surface area contributed by atoms with E-state index >= 15 is 0 Å². The van der Waals surface area contributed by atoms with E-state index in [9.17, 15) is 4.79 Å². The summed E-state index contributed by atoms with van der Waals surface area (Å²) in [7, 11) is 0. The lowest BCUT2D eigenvalue weighted by Crippen LogP contribution is -2.39. The van der Waals surface area contributed by atoms with Crippen molar-refractivity contribution in [2.24, 2.45) is 0 Å². The van der Waals surface area contributed by atoms with Crippen molar-refractivity contribution < 1.29 is 9.32 Å². The van der Waals surface area contributed by atoms with E-state index in [-0.39, 0.29) is 17.9 Å². The number of anilines is 1. The molecule has 1 atom stereocenters. The highest BCUT2D eigenvalue weighted by Crippen LogP contribution is 2.30. The molecule has 1 aliphatic heterocycles. The fourth-order valence-corrected chi connectivity index (χ4v) is 3.63. The van der Waals surface area contributed by atoms with Gasteiger partial charge in [0.2, 0.25) is 11.8 Å². The number of carbonyl (C=O) groups excluding carboxylic acids is 1. The zero-order chi connectivity index (χ0) is 19.6. The van der Waals surface area contributed by atoms with Gasteiger partial charge in [-0.15, -0.1) is 0 Å². The maximum atomic E-state index is 12.7. The number of nitrogens with one attached hydrogen (secondary N) is 1. The molecule has 0 radical (unpaired) electrons. The van der Waals surface area contributed by atoms with Gasteiger partial charge in [-0.2, -0.15) is 10.1 Å². The third-order valence-corrected chi connectivity index (χ3v) is 5.16. The van der Waals surface area contributed by atoms with Crippen molar-refractivity contribution in [1.29, 1.82) is 0 Å². The molecule has 8 heteroatoms. The smallest absolute Gasteiger partial charge is 0.244 e. The van der Waals surface area contributed by atoms with E-state index in [2.05, 4.69) is 25.5 Å². The fraction of sp³-hybridized carbons (Fsp3) is 0.684. The van der Waals surface area contributed by atoms with Gasteiger partial charge in [-0.1, -0.05) is 25.4 Å². The normalized spacial score (nSPS) is 18.2. The number of hydrogen-bond donors (Lipinski definition) is 1. The van der Waals surface area contributed by atoms with Crippen molar-refractivity contribution in [3.05, 3.63) is 23.1 Å². The van der Waals surface area contributed by atoms with Crippen LogP contribution in [0, 0.1) is 13.8 Å². The van der Waals surface area contributed by atoms with Crippen molar-refractivity contribution in [3.63, 3.8) is 0 Å². The Morgan fingerprint density at radius 3 is 2.74 bits per heavy atom. The molecule has 0 saturated carbocycles. The monoisotopic (exact) mass is 374 g/mol. The van der Waals surface area contributed by atoms with Crippen molar-refractivity contribution >= 4 is 11.6 Å². The number of aromatic nitrogens is 4. The second kappa shape index (κ2) is 8.21. The first-order valence-corrected chi connectivity index (χ1v) is 9.82. The number of likely N-dealkylation sites (tertiary alicyclic amines) is 1. The molecule has 3 heterocycles. The molecule has 8 nitrogen and oxygen atoms in total. The van der Waals surface area contributed by atoms with Crippen LogP contribution >= 0.6 is 0 Å². The quantitative estimate of drug-likeness (QED) is 0.835. The van der Waals surface area contributed by atoms with Gasteiger partial charge in [0.25, 0.3) is 0 Å². The summed E-state index contributed by atoms with van der Waals surface area (Å²) in [5.74, 6) is 1.53. The van der Waals surface area contributed by atoms with Crippen LogP contribution in [0.5, 0.6) is 0 Å². The van der Waals surface area contributed by atoms with Gasteiger partial charge in [0.05, 0.1) is 29.7 Å². The van der Waals surface area contributed by atoms with Crippen LogP contribution in [0.1, 0.15) is 75.1 Å². The van der Waals surface area contributed by atoms with Gasteiger partial charge in [-0.05, 0) is 40.2 Å². The predicted octanol–water partition coefficient (Wildman–Crippen LogP) is 3.19. The van der Waals surface area contributed by atoms with Crippen LogP contribution in [0.4, 0.5) is 5.69 Å². The summed E-state index contributed by atoms with van der Waals surface area (Å²) in [4.78, 5) is 19.4. The summed E-state index contributed by atoms with van der Waals surface area (Å²) in [6.45, 7) is 12.0. The molecular weight excluding hydrogens is 344 g/mol. The molecular formula is C19H30N6O2. The summed E-state index contributed by atoms with van der Waals surface area (Å²) < 4.78 is 7.41. The van der Waals surface area contributed by atoms with Crippen molar-refractivity contribution in [3.8, 4) is 0 Å². The molecule has 2 aromatic heterocycles. The lowest BCUT2D eigenvalue weighted by molar-refractivity contribution is -0.118. The largest absolute Gasteiger partial charge is 0.338 e. The number of amides is 1. The van der Waals surface area contributed by atoms with Gasteiger partial charge in [0, 0.05) is 12.5 Å². The molecule has 0 aliphatic carbocycles. The van der Waals surface area contributed by atoms with Gasteiger partial charge in [0.1, 0.15) is 0 Å². The Kier molecular flexibility index (Phi) is 5.94. The molecule has 0 aromatic carbocycles. The van der Waals surface area contributed by atoms with Crippen LogP contribution in [0.3, 0.4) is 0 Å². The average Bonchev–Trinajstić information content (AvgIpc) is 3.23. The van der Waals surface area contributed by atoms with Crippen LogP contribution in [0.15, 0.2) is 4.52 Å². The highest BCUT2D eigenvalue weighted by Gasteiger charge is 2.30. The molecule has 2 aromatic rings. The van der Waals surface area contributed by atoms with E-state index in [1.807, 2.05) is 39.3 Å². The zero-order valence-electron chi connectivity index (χ0n) is 16.9. The van der Waals surface area contributed by atoms with Crippen LogP contribution in [0.2, 0.25) is 0 Å². The third kappa shape index (κ3) is 4.21. The maximum absolute atomic E-state index is 12.7. The Morgan fingerprint density at radius 2 is 2.11 bits per heavy atom. The first-order valence-electron chi connectivity index (χ1n) is 9.82. The minimum atomic E-state index is -0.0349. The number of aryl methyl sites for hydroxylation is 2. The molecule has 3 rings (SSSR count). The van der Waals surface area contributed by atoms with E-state index in [0.29, 0.717) is 12.4 Å². The van der Waals surface area contributed by atoms with Gasteiger partial charge < -0.3 is 9.84 Å². The molecule has 1 N–H and O–H groups in total. The Morgan fingerprint density at radius 1 is 1.33 bits per heavy atom. The SMILES string of the molecule is CCn1nc(C)c(NC(=O)CN2CCCCC2c2nc(C(C)C)no2)c1C. The molecule has 1 unspecified atom stereocenters. The van der Waals surface area contributed by atoms with Crippen LogP contribution in [-0.2, 0) is 11.3 Å². The van der Waals surface area contributed by atoms with Gasteiger partial charge >= 0.3 is 0 Å². The topological polar surface area (TPSA) is 89.1 Å². The molecule has 1 aliphatic rings. The zero-order valence-corrected chi connectivity index (χ0v) is 16.9. The number of piperidine rings is 1. The van der Waals surface area contributed by atoms with Crippen LogP contribution in [-0.4, -0.2) is 43.8 Å². The summed E-state index contributed by atoms with van der Waals surface area (Å²) >= 11 is 0. The number of rotatable bonds is 6. The van der Waals surface area contributed by atoms with Crippen LogP contribution < -0.4 is 5.32 Å². The average molecular weight is 374 g/mol. The molecule has 0 bridgehead atoms. The van der Waals surface area contributed by atoms with E-state index < -0.39 is 0 Å². The highest BCUT2D eigenvalue weighted by molar-refractivity contribution is 5.93. The Bertz CT molecular complexity index is 794. The molecule has 1 fully saturated rings. The van der Waals surface area contributed by atoms with E-state index in [0.717, 1.165) is 55.3 Å². The second-order valence-electron chi connectivity index (χ2n) is 7.54. The Hall–Kier alpha value is -2.22. The van der Waals surface area contributed by atoms with Gasteiger partial charge in [-0.3, -0.25) is 14.4 Å². The standard InChI is InChI=1S/C19H30N6O2/c1-6-25-14(5)17(13(4)22-25)20-16(26)11-24-10-8-7-9-15(24)19-21-18(12(2)3)23-27-19/h12,15H,6-11H2,1-5H3,(H,20,26). The first kappa shape index (κ1) is 19.5. The molecule has 1 saturated heterocycles. The number of nitrogens with zero attached hydrogens (tertiary/aromatic N) is 5. The van der Waals surface area contributed by atoms with E-state index in [1.54, 1.807) is 0 Å². The van der Waals surface area contributed by atoms with E-state index in [1.165, 1.54) is 0 Å². The minimum Gasteiger partial charge on any atom is -0.338 e. The van der Waals surface area contributed by atoms with Crippen molar-refractivity contribution in [1.82, 2.24) is 24.8 Å². The van der Waals surface area contributed by atoms with Crippen molar-refractivity contribution in [2.75, 3.05) is 18.4 Å². The van der Waals surface area contributed by atoms with Crippen LogP contribution in [0.25, 0.3) is 0 Å². The Labute approximate surface area is 160 Å². The number of carbonyl (C=O) groups is 1. The second-order valence-corrected chi connectivity index (χ2v) is 7.54. The lowest BCUT2D eigenvalue weighted by Gasteiger charge is -2.32. The molecule has 148 valence electrons. The maximum Gasteiger partial charge on any atom is 0.244 e. The highest BCUT2D eigenvalue weighted by atomic mass is 16.5. The summed E-state index contributed by atoms with van der Waals surface area (Å²) in [6.07, 6.45) is 3.10. The molecule has 0 spiro atoms. The summed E-state index contributed by atoms with van der Waals surface area (Å²) in [5.41, 5.74) is 2.64. The Balaban J connectivity index is 1.70. The summed E-state index contributed by atoms with van der Waals surface area (Å²) in [6, 6.07) is 0.00468. The minimum absolute atomic E-state index is 0.00468. The fourth-order valence-electron chi connectivity index (χ4n) is 3.63. The van der Waals surface area contributed by atoms with E-state index in [4.69, 9.17) is 4.52 Å². The summed E-state index contributed by atoms with van der Waals surface area (Å²) in [5, 5.41) is 11.6.